The average molecular weight is 777 g/mol. The molecule has 0 aromatic heterocycles. The predicted octanol–water partition coefficient (Wildman–Crippen LogP) is 6.37. The van der Waals surface area contributed by atoms with Crippen molar-refractivity contribution in [3.8, 4) is 11.1 Å². The van der Waals surface area contributed by atoms with E-state index in [9.17, 15) is 41.9 Å². The molecule has 4 rings (SSSR count). The molecule has 0 aliphatic heterocycles. The molecule has 0 unspecified atom stereocenters. The van der Waals surface area contributed by atoms with Gasteiger partial charge in [-0.15, -0.1) is 0 Å². The highest BCUT2D eigenvalue weighted by Crippen LogP contribution is 2.34. The Morgan fingerprint density at radius 1 is 0.661 bits per heavy atom. The molecule has 0 aliphatic rings. The zero-order chi connectivity index (χ0) is 41.0. The summed E-state index contributed by atoms with van der Waals surface area (Å²) >= 11 is 0. The van der Waals surface area contributed by atoms with Gasteiger partial charge in [0.1, 0.15) is 0 Å². The highest BCUT2D eigenvalue weighted by atomic mass is 19.4. The number of anilines is 1. The van der Waals surface area contributed by atoms with Crippen molar-refractivity contribution in [1.29, 1.82) is 0 Å². The smallest absolute Gasteiger partial charge is 0.416 e. The number of amides is 2. The van der Waals surface area contributed by atoms with E-state index in [0.717, 1.165) is 12.1 Å². The standard InChI is InChI=1S/C41H39F3N2O10/c1-5-53-38(51)40(39(52)54-6-2,28-12-8-7-9-13-28)24-35(48)56-25-55-34(47)23-26-16-21-33(32(22-26)37(50)46(3)4)45-36(49)31-15-11-10-14-30(31)27-17-19-29(20-18-27)41(42,43)44/h7-22H,5-6,23-25H2,1-4H3,(H,45,49). The highest BCUT2D eigenvalue weighted by Gasteiger charge is 2.52. The van der Waals surface area contributed by atoms with Gasteiger partial charge in [0.15, 0.2) is 5.41 Å². The SMILES string of the molecule is CCOC(=O)C(CC(=O)OCOC(=O)Cc1ccc(NC(=O)c2ccccc2-c2ccc(C(F)(F)F)cc2)c(C(=O)N(C)C)c1)(C(=O)OCC)c1ccccc1. The lowest BCUT2D eigenvalue weighted by Gasteiger charge is -2.28. The molecule has 0 bridgehead atoms. The van der Waals surface area contributed by atoms with E-state index in [1.54, 1.807) is 36.4 Å². The van der Waals surface area contributed by atoms with Crippen molar-refractivity contribution in [2.75, 3.05) is 39.4 Å². The Kier molecular flexibility index (Phi) is 14.1. The summed E-state index contributed by atoms with van der Waals surface area (Å²) < 4.78 is 59.9. The molecule has 2 amide bonds. The van der Waals surface area contributed by atoms with Crippen LogP contribution >= 0.6 is 0 Å². The minimum atomic E-state index is -4.53. The number of nitrogens with one attached hydrogen (secondary N) is 1. The quantitative estimate of drug-likeness (QED) is 0.0624. The van der Waals surface area contributed by atoms with Crippen LogP contribution in [-0.2, 0) is 56.1 Å². The first kappa shape index (κ1) is 42.2. The second-order valence-corrected chi connectivity index (χ2v) is 12.4. The van der Waals surface area contributed by atoms with Crippen LogP contribution < -0.4 is 5.32 Å². The molecule has 4 aromatic rings. The predicted molar refractivity (Wildman–Crippen MR) is 196 cm³/mol. The molecule has 15 heteroatoms. The van der Waals surface area contributed by atoms with E-state index in [1.165, 1.54) is 81.4 Å². The Labute approximate surface area is 320 Å². The summed E-state index contributed by atoms with van der Waals surface area (Å²) in [4.78, 5) is 80.2. The summed E-state index contributed by atoms with van der Waals surface area (Å²) in [6, 6.07) is 22.6. The zero-order valence-electron chi connectivity index (χ0n) is 30.9. The zero-order valence-corrected chi connectivity index (χ0v) is 30.9. The maximum Gasteiger partial charge on any atom is 0.416 e. The van der Waals surface area contributed by atoms with Crippen LogP contribution in [0.1, 0.15) is 57.7 Å². The molecule has 1 N–H and O–H groups in total. The second kappa shape index (κ2) is 18.7. The Bertz CT molecular complexity index is 2050. The number of nitrogens with zero attached hydrogens (tertiary/aromatic N) is 1. The van der Waals surface area contributed by atoms with Crippen LogP contribution in [0.25, 0.3) is 11.1 Å². The number of ether oxygens (including phenoxy) is 4. The highest BCUT2D eigenvalue weighted by molar-refractivity contribution is 6.12. The van der Waals surface area contributed by atoms with Gasteiger partial charge < -0.3 is 29.2 Å². The second-order valence-electron chi connectivity index (χ2n) is 12.4. The van der Waals surface area contributed by atoms with Gasteiger partial charge in [0.2, 0.25) is 6.79 Å². The molecule has 294 valence electrons. The third kappa shape index (κ3) is 10.2. The van der Waals surface area contributed by atoms with E-state index in [1.807, 2.05) is 0 Å². The number of hydrogen-bond acceptors (Lipinski definition) is 10. The Morgan fingerprint density at radius 2 is 1.25 bits per heavy atom. The number of halogens is 3. The molecule has 0 heterocycles. The number of carbonyl (C=O) groups is 6. The topological polar surface area (TPSA) is 155 Å². The van der Waals surface area contributed by atoms with Gasteiger partial charge in [-0.05, 0) is 66.4 Å². The third-order valence-corrected chi connectivity index (χ3v) is 8.38. The first-order valence-corrected chi connectivity index (χ1v) is 17.3. The van der Waals surface area contributed by atoms with Gasteiger partial charge in [-0.2, -0.15) is 13.2 Å². The van der Waals surface area contributed by atoms with Crippen molar-refractivity contribution in [2.24, 2.45) is 0 Å². The summed E-state index contributed by atoms with van der Waals surface area (Å²) in [5, 5.41) is 2.69. The van der Waals surface area contributed by atoms with Gasteiger partial charge >= 0.3 is 30.1 Å². The van der Waals surface area contributed by atoms with E-state index in [0.29, 0.717) is 16.7 Å². The minimum Gasteiger partial charge on any atom is -0.465 e. The molecule has 12 nitrogen and oxygen atoms in total. The minimum absolute atomic E-state index is 0.0160. The fourth-order valence-electron chi connectivity index (χ4n) is 5.63. The number of rotatable bonds is 15. The molecular weight excluding hydrogens is 737 g/mol. The number of hydrogen-bond donors (Lipinski definition) is 1. The first-order chi connectivity index (χ1) is 26.6. The molecule has 0 aliphatic carbocycles. The molecule has 0 saturated carbocycles. The van der Waals surface area contributed by atoms with Crippen LogP contribution in [-0.4, -0.2) is 74.7 Å². The van der Waals surface area contributed by atoms with E-state index in [4.69, 9.17) is 18.9 Å². The van der Waals surface area contributed by atoms with Gasteiger partial charge in [0.05, 0.1) is 42.9 Å². The Hall–Kier alpha value is -6.51. The number of esters is 4. The monoisotopic (exact) mass is 776 g/mol. The van der Waals surface area contributed by atoms with Crippen molar-refractivity contribution in [3.05, 3.63) is 125 Å². The van der Waals surface area contributed by atoms with Crippen molar-refractivity contribution < 1.29 is 60.9 Å². The summed E-state index contributed by atoms with van der Waals surface area (Å²) in [7, 11) is 2.97. The lowest BCUT2D eigenvalue weighted by atomic mass is 9.77. The van der Waals surface area contributed by atoms with Crippen LogP contribution in [0.4, 0.5) is 18.9 Å². The summed E-state index contributed by atoms with van der Waals surface area (Å²) in [6.07, 6.45) is -5.74. The fraction of sp³-hybridized carbons (Fsp3) is 0.268. The lowest BCUT2D eigenvalue weighted by Crippen LogP contribution is -2.48. The van der Waals surface area contributed by atoms with Crippen molar-refractivity contribution in [3.63, 3.8) is 0 Å². The molecule has 0 spiro atoms. The van der Waals surface area contributed by atoms with Crippen LogP contribution in [0.3, 0.4) is 0 Å². The van der Waals surface area contributed by atoms with Crippen LogP contribution in [0, 0.1) is 0 Å². The van der Waals surface area contributed by atoms with E-state index in [-0.39, 0.29) is 35.6 Å². The summed E-state index contributed by atoms with van der Waals surface area (Å²) in [6.45, 7) is 2.02. The average Bonchev–Trinajstić information content (AvgIpc) is 3.17. The van der Waals surface area contributed by atoms with Gasteiger partial charge in [-0.1, -0.05) is 66.7 Å². The Balaban J connectivity index is 1.47. The lowest BCUT2D eigenvalue weighted by molar-refractivity contribution is -0.176. The van der Waals surface area contributed by atoms with Crippen LogP contribution in [0.2, 0.25) is 0 Å². The molecule has 0 fully saturated rings. The van der Waals surface area contributed by atoms with E-state index in [2.05, 4.69) is 5.32 Å². The normalized spacial score (nSPS) is 11.2. The van der Waals surface area contributed by atoms with E-state index < -0.39 is 72.5 Å². The van der Waals surface area contributed by atoms with Gasteiger partial charge in [0, 0.05) is 19.7 Å². The van der Waals surface area contributed by atoms with Gasteiger partial charge in [-0.3, -0.25) is 28.8 Å². The molecule has 56 heavy (non-hydrogen) atoms. The summed E-state index contributed by atoms with van der Waals surface area (Å²) in [5.74, 6) is -5.15. The largest absolute Gasteiger partial charge is 0.465 e. The van der Waals surface area contributed by atoms with E-state index >= 15 is 0 Å². The maximum absolute atomic E-state index is 13.5. The fourth-order valence-corrected chi connectivity index (χ4v) is 5.63. The molecule has 0 saturated heterocycles. The summed E-state index contributed by atoms with van der Waals surface area (Å²) in [5.41, 5.74) is -1.65. The molecule has 4 aromatic carbocycles. The number of carbonyl (C=O) groups excluding carboxylic acids is 6. The third-order valence-electron chi connectivity index (χ3n) is 8.38. The molecule has 0 radical (unpaired) electrons. The first-order valence-electron chi connectivity index (χ1n) is 17.3. The van der Waals surface area contributed by atoms with Crippen molar-refractivity contribution in [1.82, 2.24) is 4.90 Å². The van der Waals surface area contributed by atoms with Crippen LogP contribution in [0.5, 0.6) is 0 Å². The van der Waals surface area contributed by atoms with Gasteiger partial charge in [-0.25, -0.2) is 0 Å². The molecule has 0 atom stereocenters. The van der Waals surface area contributed by atoms with Crippen molar-refractivity contribution >= 4 is 41.4 Å². The number of benzene rings is 4. The Morgan fingerprint density at radius 3 is 1.84 bits per heavy atom. The van der Waals surface area contributed by atoms with Crippen molar-refractivity contribution in [2.45, 2.75) is 38.3 Å². The van der Waals surface area contributed by atoms with Crippen LogP contribution in [0.15, 0.2) is 97.1 Å². The maximum atomic E-state index is 13.5. The van der Waals surface area contributed by atoms with Gasteiger partial charge in [0.25, 0.3) is 11.8 Å². The number of alkyl halides is 3. The molecular formula is C41H39F3N2O10.